The Morgan fingerprint density at radius 2 is 1.88 bits per heavy atom. The molecule has 0 spiro atoms. The van der Waals surface area contributed by atoms with Crippen molar-refractivity contribution in [2.75, 3.05) is 18.0 Å². The molecule has 0 bridgehead atoms. The van der Waals surface area contributed by atoms with Gasteiger partial charge in [0.1, 0.15) is 11.9 Å². The summed E-state index contributed by atoms with van der Waals surface area (Å²) in [6.45, 7) is 2.16. The highest BCUT2D eigenvalue weighted by Gasteiger charge is 2.31. The maximum atomic E-state index is 12.8. The van der Waals surface area contributed by atoms with Gasteiger partial charge in [0.05, 0.1) is 24.3 Å². The molecule has 1 aliphatic heterocycles. The third kappa shape index (κ3) is 3.87. The highest BCUT2D eigenvalue weighted by Crippen LogP contribution is 2.39. The Morgan fingerprint density at radius 1 is 1.20 bits per heavy atom. The summed E-state index contributed by atoms with van der Waals surface area (Å²) in [5.41, 5.74) is 0.727. The minimum atomic E-state index is -4.37. The van der Waals surface area contributed by atoms with Crippen molar-refractivity contribution in [2.24, 2.45) is 0 Å². The number of fused-ring (bicyclic) bond motifs is 1. The van der Waals surface area contributed by atoms with Gasteiger partial charge in [-0.15, -0.1) is 0 Å². The van der Waals surface area contributed by atoms with Crippen LogP contribution in [0.1, 0.15) is 12.5 Å². The number of alkyl halides is 3. The first-order chi connectivity index (χ1) is 11.8. The number of rotatable bonds is 3. The van der Waals surface area contributed by atoms with Gasteiger partial charge >= 0.3 is 6.18 Å². The number of anilines is 2. The number of para-hydroxylation sites is 2. The third-order valence-corrected chi connectivity index (χ3v) is 3.92. The number of hydrogen-bond donors (Lipinski definition) is 1. The van der Waals surface area contributed by atoms with Crippen LogP contribution in [0.2, 0.25) is 0 Å². The lowest BCUT2D eigenvalue weighted by molar-refractivity contribution is -0.137. The Morgan fingerprint density at radius 3 is 2.52 bits per heavy atom. The van der Waals surface area contributed by atoms with E-state index in [0.29, 0.717) is 24.5 Å². The van der Waals surface area contributed by atoms with E-state index in [2.05, 4.69) is 5.32 Å². The van der Waals surface area contributed by atoms with Gasteiger partial charge in [-0.3, -0.25) is 4.79 Å². The van der Waals surface area contributed by atoms with Crippen LogP contribution in [0.3, 0.4) is 0 Å². The molecule has 1 aliphatic rings. The van der Waals surface area contributed by atoms with Crippen molar-refractivity contribution in [3.05, 3.63) is 54.1 Å². The molecule has 132 valence electrons. The molecule has 3 rings (SSSR count). The maximum absolute atomic E-state index is 12.8. The minimum absolute atomic E-state index is 0.163. The van der Waals surface area contributed by atoms with Crippen molar-refractivity contribution >= 4 is 17.3 Å². The number of carbonyl (C=O) groups excluding carboxylic acids is 1. The molecule has 0 fully saturated rings. The lowest BCUT2D eigenvalue weighted by atomic mass is 10.1. The molecule has 1 amide bonds. The van der Waals surface area contributed by atoms with Crippen LogP contribution in [-0.4, -0.2) is 25.1 Å². The third-order valence-electron chi connectivity index (χ3n) is 3.92. The minimum Gasteiger partial charge on any atom is -0.485 e. The molecule has 0 aliphatic carbocycles. The summed E-state index contributed by atoms with van der Waals surface area (Å²) < 4.78 is 44.2. The van der Waals surface area contributed by atoms with E-state index in [-0.39, 0.29) is 12.0 Å². The first-order valence-corrected chi connectivity index (χ1v) is 7.79. The summed E-state index contributed by atoms with van der Waals surface area (Å²) in [5, 5.41) is 2.71. The topological polar surface area (TPSA) is 41.6 Å². The highest BCUT2D eigenvalue weighted by atomic mass is 19.4. The Kier molecular flexibility index (Phi) is 4.57. The van der Waals surface area contributed by atoms with Gasteiger partial charge in [0.2, 0.25) is 5.91 Å². The summed E-state index contributed by atoms with van der Waals surface area (Å²) >= 11 is 0. The van der Waals surface area contributed by atoms with Crippen molar-refractivity contribution in [3.63, 3.8) is 0 Å². The SMILES string of the molecule is CC(=O)NC[C@H]1CN(c2ccc(C(F)(F)F)cc2)c2ccccc2O1. The van der Waals surface area contributed by atoms with E-state index in [1.54, 1.807) is 6.07 Å². The molecular formula is C18H17F3N2O2. The summed E-state index contributed by atoms with van der Waals surface area (Å²) in [7, 11) is 0. The molecule has 0 saturated heterocycles. The Hall–Kier alpha value is -2.70. The van der Waals surface area contributed by atoms with Gasteiger partial charge in [-0.2, -0.15) is 13.2 Å². The van der Waals surface area contributed by atoms with Crippen LogP contribution in [0.25, 0.3) is 0 Å². The number of amides is 1. The molecule has 25 heavy (non-hydrogen) atoms. The van der Waals surface area contributed by atoms with E-state index in [1.165, 1.54) is 19.1 Å². The number of hydrogen-bond acceptors (Lipinski definition) is 3. The van der Waals surface area contributed by atoms with Crippen LogP contribution in [0.15, 0.2) is 48.5 Å². The molecule has 1 atom stereocenters. The van der Waals surface area contributed by atoms with E-state index in [1.807, 2.05) is 23.1 Å². The lowest BCUT2D eigenvalue weighted by Gasteiger charge is -2.36. The highest BCUT2D eigenvalue weighted by molar-refractivity contribution is 5.73. The number of ether oxygens (including phenoxy) is 1. The Bertz CT molecular complexity index is 760. The smallest absolute Gasteiger partial charge is 0.416 e. The van der Waals surface area contributed by atoms with E-state index >= 15 is 0 Å². The number of benzene rings is 2. The molecule has 1 N–H and O–H groups in total. The quantitative estimate of drug-likeness (QED) is 0.917. The monoisotopic (exact) mass is 350 g/mol. The molecule has 1 heterocycles. The van der Waals surface area contributed by atoms with Gasteiger partial charge in [-0.05, 0) is 36.4 Å². The van der Waals surface area contributed by atoms with Gasteiger partial charge in [0.15, 0.2) is 0 Å². The normalized spacial score (nSPS) is 16.8. The predicted octanol–water partition coefficient (Wildman–Crippen LogP) is 3.74. The average Bonchev–Trinajstić information content (AvgIpc) is 2.58. The molecule has 4 nitrogen and oxygen atoms in total. The fourth-order valence-electron chi connectivity index (χ4n) is 2.74. The van der Waals surface area contributed by atoms with Crippen molar-refractivity contribution in [1.82, 2.24) is 5.32 Å². The summed E-state index contributed by atoms with van der Waals surface area (Å²) in [5.74, 6) is 0.465. The first kappa shape index (κ1) is 17.1. The second kappa shape index (κ2) is 6.66. The molecule has 2 aromatic carbocycles. The van der Waals surface area contributed by atoms with E-state index in [0.717, 1.165) is 17.8 Å². The molecular weight excluding hydrogens is 333 g/mol. The fourth-order valence-corrected chi connectivity index (χ4v) is 2.74. The fraction of sp³-hybridized carbons (Fsp3) is 0.278. The van der Waals surface area contributed by atoms with E-state index in [9.17, 15) is 18.0 Å². The number of nitrogens with zero attached hydrogens (tertiary/aromatic N) is 1. The summed E-state index contributed by atoms with van der Waals surface area (Å²) in [6.07, 6.45) is -4.67. The Labute approximate surface area is 143 Å². The molecule has 0 saturated carbocycles. The van der Waals surface area contributed by atoms with Gasteiger partial charge in [-0.1, -0.05) is 12.1 Å². The zero-order valence-corrected chi connectivity index (χ0v) is 13.5. The van der Waals surface area contributed by atoms with Crippen LogP contribution in [-0.2, 0) is 11.0 Å². The van der Waals surface area contributed by atoms with E-state index < -0.39 is 11.7 Å². The van der Waals surface area contributed by atoms with Gasteiger partial charge in [-0.25, -0.2) is 0 Å². The standard InChI is InChI=1S/C18H17F3N2O2/c1-12(24)22-10-15-11-23(16-4-2-3-5-17(16)25-15)14-8-6-13(7-9-14)18(19,20)21/h2-9,15H,10-11H2,1H3,(H,22,24)/t15-/m0/s1. The van der Waals surface area contributed by atoms with Crippen LogP contribution < -0.4 is 15.0 Å². The van der Waals surface area contributed by atoms with Crippen LogP contribution in [0.5, 0.6) is 5.75 Å². The number of nitrogens with one attached hydrogen (secondary N) is 1. The summed E-state index contributed by atoms with van der Waals surface area (Å²) in [4.78, 5) is 13.0. The molecule has 2 aromatic rings. The molecule has 0 aromatic heterocycles. The van der Waals surface area contributed by atoms with Crippen molar-refractivity contribution < 1.29 is 22.7 Å². The van der Waals surface area contributed by atoms with Gasteiger partial charge in [0, 0.05) is 12.6 Å². The number of halogens is 3. The van der Waals surface area contributed by atoms with Crippen LogP contribution >= 0.6 is 0 Å². The molecule has 0 unspecified atom stereocenters. The van der Waals surface area contributed by atoms with Crippen molar-refractivity contribution in [3.8, 4) is 5.75 Å². The second-order valence-corrected chi connectivity index (χ2v) is 5.80. The number of carbonyl (C=O) groups is 1. The van der Waals surface area contributed by atoms with E-state index in [4.69, 9.17) is 4.74 Å². The maximum Gasteiger partial charge on any atom is 0.416 e. The average molecular weight is 350 g/mol. The van der Waals surface area contributed by atoms with Crippen LogP contribution in [0, 0.1) is 0 Å². The molecule has 0 radical (unpaired) electrons. The van der Waals surface area contributed by atoms with Gasteiger partial charge in [0.25, 0.3) is 0 Å². The molecule has 7 heteroatoms. The largest absolute Gasteiger partial charge is 0.485 e. The zero-order valence-electron chi connectivity index (χ0n) is 13.5. The summed E-state index contributed by atoms with van der Waals surface area (Å²) in [6, 6.07) is 12.3. The lowest BCUT2D eigenvalue weighted by Crippen LogP contribution is -2.44. The first-order valence-electron chi connectivity index (χ1n) is 7.79. The predicted molar refractivity (Wildman–Crippen MR) is 88.0 cm³/mol. The Balaban J connectivity index is 1.89. The second-order valence-electron chi connectivity index (χ2n) is 5.80. The van der Waals surface area contributed by atoms with Gasteiger partial charge < -0.3 is 15.0 Å². The van der Waals surface area contributed by atoms with Crippen LogP contribution in [0.4, 0.5) is 24.5 Å². The zero-order chi connectivity index (χ0) is 18.0. The van der Waals surface area contributed by atoms with Crippen molar-refractivity contribution in [2.45, 2.75) is 19.2 Å². The van der Waals surface area contributed by atoms with Crippen molar-refractivity contribution in [1.29, 1.82) is 0 Å².